The van der Waals surface area contributed by atoms with Crippen LogP contribution in [0.4, 0.5) is 0 Å². The van der Waals surface area contributed by atoms with Crippen molar-refractivity contribution in [2.24, 2.45) is 11.1 Å². The third kappa shape index (κ3) is 2.54. The molecule has 2 aromatic rings. The minimum absolute atomic E-state index is 0.284. The van der Waals surface area contributed by atoms with Gasteiger partial charge in [0.15, 0.2) is 0 Å². The van der Waals surface area contributed by atoms with E-state index >= 15 is 0 Å². The fourth-order valence-corrected chi connectivity index (χ4v) is 1.89. The van der Waals surface area contributed by atoms with Gasteiger partial charge in [-0.3, -0.25) is 4.79 Å². The molecule has 18 heavy (non-hydrogen) atoms. The van der Waals surface area contributed by atoms with Crippen LogP contribution in [0.5, 0.6) is 0 Å². The molecule has 0 saturated carbocycles. The lowest BCUT2D eigenvalue weighted by atomic mass is 9.93. The van der Waals surface area contributed by atoms with Gasteiger partial charge in [0, 0.05) is 24.8 Å². The van der Waals surface area contributed by atoms with Crippen LogP contribution in [-0.2, 0) is 11.3 Å². The molecule has 1 heterocycles. The number of hydrogen-bond acceptors (Lipinski definition) is 2. The normalized spacial score (nSPS) is 11.9. The van der Waals surface area contributed by atoms with E-state index in [0.717, 1.165) is 5.52 Å². The fourth-order valence-electron chi connectivity index (χ4n) is 1.89. The molecule has 96 valence electrons. The van der Waals surface area contributed by atoms with Crippen molar-refractivity contribution >= 4 is 16.8 Å². The summed E-state index contributed by atoms with van der Waals surface area (Å²) in [4.78, 5) is 14.4. The number of carbonyl (C=O) groups is 1. The standard InChI is InChI=1S/C14H19N3O/c1-14(2,13(15)18)9-16-8-11-5-3-4-10-6-7-17-12(10)11/h3-7,16-17H,8-9H2,1-2H3,(H2,15,18). The van der Waals surface area contributed by atoms with Crippen molar-refractivity contribution in [1.29, 1.82) is 0 Å². The molecule has 0 aliphatic carbocycles. The minimum Gasteiger partial charge on any atom is -0.369 e. The number of benzene rings is 1. The Morgan fingerprint density at radius 1 is 1.39 bits per heavy atom. The lowest BCUT2D eigenvalue weighted by Gasteiger charge is -2.20. The van der Waals surface area contributed by atoms with Crippen molar-refractivity contribution in [3.05, 3.63) is 36.0 Å². The zero-order valence-corrected chi connectivity index (χ0v) is 10.8. The Morgan fingerprint density at radius 3 is 2.89 bits per heavy atom. The van der Waals surface area contributed by atoms with Gasteiger partial charge in [0.1, 0.15) is 0 Å². The summed E-state index contributed by atoms with van der Waals surface area (Å²) in [7, 11) is 0. The van der Waals surface area contributed by atoms with E-state index in [-0.39, 0.29) is 5.91 Å². The number of nitrogens with two attached hydrogens (primary N) is 1. The SMILES string of the molecule is CC(C)(CNCc1cccc2cc[nH]c12)C(N)=O. The molecule has 0 fully saturated rings. The van der Waals surface area contributed by atoms with Crippen LogP contribution in [0.1, 0.15) is 19.4 Å². The van der Waals surface area contributed by atoms with Gasteiger partial charge in [-0.1, -0.05) is 18.2 Å². The number of hydrogen-bond donors (Lipinski definition) is 3. The third-order valence-electron chi connectivity index (χ3n) is 3.22. The highest BCUT2D eigenvalue weighted by molar-refractivity contribution is 5.82. The molecule has 0 atom stereocenters. The first kappa shape index (κ1) is 12.6. The molecule has 0 radical (unpaired) electrons. The third-order valence-corrected chi connectivity index (χ3v) is 3.22. The number of nitrogens with one attached hydrogen (secondary N) is 2. The average Bonchev–Trinajstić information content (AvgIpc) is 2.77. The van der Waals surface area contributed by atoms with Gasteiger partial charge in [0.2, 0.25) is 5.91 Å². The summed E-state index contributed by atoms with van der Waals surface area (Å²) >= 11 is 0. The molecule has 0 bridgehead atoms. The summed E-state index contributed by atoms with van der Waals surface area (Å²) in [6.07, 6.45) is 1.93. The quantitative estimate of drug-likeness (QED) is 0.751. The van der Waals surface area contributed by atoms with Crippen LogP contribution in [0.3, 0.4) is 0 Å². The Balaban J connectivity index is 2.03. The molecule has 1 aromatic heterocycles. The molecule has 0 unspecified atom stereocenters. The number of aromatic nitrogens is 1. The maximum Gasteiger partial charge on any atom is 0.224 e. The maximum absolute atomic E-state index is 11.2. The molecule has 0 saturated heterocycles. The number of para-hydroxylation sites is 1. The van der Waals surface area contributed by atoms with Crippen molar-refractivity contribution in [3.8, 4) is 0 Å². The Kier molecular flexibility index (Phi) is 3.39. The number of carbonyl (C=O) groups excluding carboxylic acids is 1. The second-order valence-corrected chi connectivity index (χ2v) is 5.21. The zero-order valence-electron chi connectivity index (χ0n) is 10.8. The number of fused-ring (bicyclic) bond motifs is 1. The van der Waals surface area contributed by atoms with Gasteiger partial charge in [0.25, 0.3) is 0 Å². The van der Waals surface area contributed by atoms with Crippen molar-refractivity contribution < 1.29 is 4.79 Å². The number of primary amides is 1. The van der Waals surface area contributed by atoms with Gasteiger partial charge in [0.05, 0.1) is 5.41 Å². The first-order valence-electron chi connectivity index (χ1n) is 6.06. The van der Waals surface area contributed by atoms with E-state index in [0.29, 0.717) is 13.1 Å². The molecule has 4 N–H and O–H groups in total. The monoisotopic (exact) mass is 245 g/mol. The Morgan fingerprint density at radius 2 is 2.17 bits per heavy atom. The summed E-state index contributed by atoms with van der Waals surface area (Å²) in [6, 6.07) is 8.23. The first-order valence-corrected chi connectivity index (χ1v) is 6.06. The molecule has 0 aliphatic rings. The number of aromatic amines is 1. The predicted molar refractivity (Wildman–Crippen MR) is 73.0 cm³/mol. The smallest absolute Gasteiger partial charge is 0.224 e. The number of rotatable bonds is 5. The highest BCUT2D eigenvalue weighted by Crippen LogP contribution is 2.17. The highest BCUT2D eigenvalue weighted by atomic mass is 16.1. The molecule has 0 aliphatic heterocycles. The Labute approximate surface area is 107 Å². The Bertz CT molecular complexity index is 557. The maximum atomic E-state index is 11.2. The van der Waals surface area contributed by atoms with E-state index in [2.05, 4.69) is 22.4 Å². The summed E-state index contributed by atoms with van der Waals surface area (Å²) in [5.74, 6) is -0.284. The van der Waals surface area contributed by atoms with Crippen LogP contribution in [0, 0.1) is 5.41 Å². The van der Waals surface area contributed by atoms with E-state index in [9.17, 15) is 4.79 Å². The van der Waals surface area contributed by atoms with Crippen molar-refractivity contribution in [2.75, 3.05) is 6.54 Å². The molecule has 0 spiro atoms. The molecule has 2 rings (SSSR count). The van der Waals surface area contributed by atoms with Crippen LogP contribution >= 0.6 is 0 Å². The number of amides is 1. The lowest BCUT2D eigenvalue weighted by molar-refractivity contribution is -0.125. The van der Waals surface area contributed by atoms with E-state index in [1.165, 1.54) is 10.9 Å². The van der Waals surface area contributed by atoms with E-state index < -0.39 is 5.41 Å². The Hall–Kier alpha value is -1.81. The van der Waals surface area contributed by atoms with Gasteiger partial charge < -0.3 is 16.0 Å². The largest absolute Gasteiger partial charge is 0.369 e. The molecular weight excluding hydrogens is 226 g/mol. The van der Waals surface area contributed by atoms with Crippen molar-refractivity contribution in [3.63, 3.8) is 0 Å². The van der Waals surface area contributed by atoms with Gasteiger partial charge in [-0.25, -0.2) is 0 Å². The van der Waals surface area contributed by atoms with Crippen LogP contribution in [0.25, 0.3) is 10.9 Å². The highest BCUT2D eigenvalue weighted by Gasteiger charge is 2.24. The van der Waals surface area contributed by atoms with Gasteiger partial charge >= 0.3 is 0 Å². The summed E-state index contributed by atoms with van der Waals surface area (Å²) in [5.41, 5.74) is 7.15. The molecular formula is C14H19N3O. The molecule has 1 amide bonds. The van der Waals surface area contributed by atoms with Crippen LogP contribution in [0.2, 0.25) is 0 Å². The lowest BCUT2D eigenvalue weighted by Crippen LogP contribution is -2.40. The van der Waals surface area contributed by atoms with E-state index in [1.807, 2.05) is 32.2 Å². The topological polar surface area (TPSA) is 70.9 Å². The van der Waals surface area contributed by atoms with Gasteiger partial charge in [-0.2, -0.15) is 0 Å². The van der Waals surface area contributed by atoms with Gasteiger partial charge in [-0.15, -0.1) is 0 Å². The molecule has 4 nitrogen and oxygen atoms in total. The summed E-state index contributed by atoms with van der Waals surface area (Å²) in [6.45, 7) is 4.98. The molecule has 4 heteroatoms. The first-order chi connectivity index (χ1) is 8.50. The second-order valence-electron chi connectivity index (χ2n) is 5.21. The van der Waals surface area contributed by atoms with Crippen molar-refractivity contribution in [2.45, 2.75) is 20.4 Å². The van der Waals surface area contributed by atoms with Crippen molar-refractivity contribution in [1.82, 2.24) is 10.3 Å². The minimum atomic E-state index is -0.524. The summed E-state index contributed by atoms with van der Waals surface area (Å²) in [5, 5.41) is 4.48. The van der Waals surface area contributed by atoms with Crippen LogP contribution in [0.15, 0.2) is 30.5 Å². The van der Waals surface area contributed by atoms with Crippen LogP contribution < -0.4 is 11.1 Å². The molecule has 1 aromatic carbocycles. The second kappa shape index (κ2) is 4.82. The fraction of sp³-hybridized carbons (Fsp3) is 0.357. The van der Waals surface area contributed by atoms with E-state index in [4.69, 9.17) is 5.73 Å². The van der Waals surface area contributed by atoms with E-state index in [1.54, 1.807) is 0 Å². The van der Waals surface area contributed by atoms with Crippen LogP contribution in [-0.4, -0.2) is 17.4 Å². The predicted octanol–water partition coefficient (Wildman–Crippen LogP) is 1.77. The summed E-state index contributed by atoms with van der Waals surface area (Å²) < 4.78 is 0. The average molecular weight is 245 g/mol. The van der Waals surface area contributed by atoms with Gasteiger partial charge in [-0.05, 0) is 30.9 Å². The zero-order chi connectivity index (χ0) is 13.2. The number of H-pyrrole nitrogens is 1.